The summed E-state index contributed by atoms with van der Waals surface area (Å²) in [5.74, 6) is -4.11. The van der Waals surface area contributed by atoms with E-state index < -0.39 is 40.5 Å². The molecule has 0 bridgehead atoms. The van der Waals surface area contributed by atoms with E-state index in [1.165, 1.54) is 24.0 Å². The molecule has 1 aromatic carbocycles. The lowest BCUT2D eigenvalue weighted by atomic mass is 10.1. The maximum absolute atomic E-state index is 13.9. The van der Waals surface area contributed by atoms with Crippen LogP contribution in [0.4, 0.5) is 27.1 Å². The Balaban J connectivity index is 1.57. The highest BCUT2D eigenvalue weighted by atomic mass is 32.1. The van der Waals surface area contributed by atoms with Crippen molar-refractivity contribution in [3.8, 4) is 11.3 Å². The van der Waals surface area contributed by atoms with E-state index in [2.05, 4.69) is 10.3 Å². The molecule has 3 aromatic heterocycles. The molecular formula is C20H13F5N4O3S2. The number of carbonyl (C=O) groups is 1. The van der Waals surface area contributed by atoms with Crippen molar-refractivity contribution >= 4 is 43.9 Å². The van der Waals surface area contributed by atoms with E-state index >= 15 is 0 Å². The number of amides is 1. The average Bonchev–Trinajstić information content (AvgIpc) is 3.36. The molecule has 0 saturated carbocycles. The van der Waals surface area contributed by atoms with Gasteiger partial charge in [0.05, 0.1) is 17.5 Å². The van der Waals surface area contributed by atoms with Gasteiger partial charge in [-0.3, -0.25) is 18.7 Å². The molecule has 0 aliphatic carbocycles. The van der Waals surface area contributed by atoms with Crippen LogP contribution < -0.4 is 16.6 Å². The first-order valence-corrected chi connectivity index (χ1v) is 11.1. The molecule has 7 nitrogen and oxygen atoms in total. The Morgan fingerprint density at radius 2 is 1.71 bits per heavy atom. The molecule has 0 unspecified atom stereocenters. The lowest BCUT2D eigenvalue weighted by Crippen LogP contribution is -2.36. The highest BCUT2D eigenvalue weighted by Crippen LogP contribution is 2.36. The van der Waals surface area contributed by atoms with Gasteiger partial charge < -0.3 is 5.32 Å². The summed E-state index contributed by atoms with van der Waals surface area (Å²) < 4.78 is 68.2. The molecule has 1 amide bonds. The summed E-state index contributed by atoms with van der Waals surface area (Å²) in [4.78, 5) is 41.5. The molecule has 178 valence electrons. The number of anilines is 1. The van der Waals surface area contributed by atoms with E-state index in [1.807, 2.05) is 0 Å². The molecule has 0 spiro atoms. The third-order valence-corrected chi connectivity index (χ3v) is 6.83. The number of halogens is 5. The third-order valence-electron chi connectivity index (χ3n) is 4.97. The smallest absolute Gasteiger partial charge is 0.302 e. The van der Waals surface area contributed by atoms with Crippen LogP contribution in [0, 0.1) is 11.6 Å². The minimum atomic E-state index is -5.19. The van der Waals surface area contributed by atoms with Gasteiger partial charge in [0.15, 0.2) is 5.13 Å². The van der Waals surface area contributed by atoms with Gasteiger partial charge in [-0.25, -0.2) is 18.6 Å². The Hall–Kier alpha value is -3.39. The van der Waals surface area contributed by atoms with Gasteiger partial charge >= 0.3 is 11.9 Å². The first-order chi connectivity index (χ1) is 15.9. The third kappa shape index (κ3) is 4.14. The normalized spacial score (nSPS) is 11.9. The van der Waals surface area contributed by atoms with Crippen molar-refractivity contribution in [1.82, 2.24) is 14.1 Å². The van der Waals surface area contributed by atoms with Gasteiger partial charge in [0, 0.05) is 25.0 Å². The zero-order valence-corrected chi connectivity index (χ0v) is 18.9. The number of nitrogens with one attached hydrogen (secondary N) is 1. The number of thiophene rings is 1. The fourth-order valence-corrected chi connectivity index (χ4v) is 5.11. The Morgan fingerprint density at radius 1 is 1.06 bits per heavy atom. The number of aryl methyl sites for hydroxylation is 1. The molecule has 4 rings (SSSR count). The first kappa shape index (κ1) is 23.8. The molecule has 3 heterocycles. The summed E-state index contributed by atoms with van der Waals surface area (Å²) in [7, 11) is 2.84. The lowest BCUT2D eigenvalue weighted by molar-refractivity contribution is -0.142. The highest BCUT2D eigenvalue weighted by molar-refractivity contribution is 7.17. The number of thiazole rings is 1. The van der Waals surface area contributed by atoms with E-state index in [4.69, 9.17) is 0 Å². The van der Waals surface area contributed by atoms with Crippen LogP contribution in [0.3, 0.4) is 0 Å². The number of rotatable bonds is 4. The van der Waals surface area contributed by atoms with E-state index in [1.54, 1.807) is 5.38 Å². The predicted molar refractivity (Wildman–Crippen MR) is 117 cm³/mol. The monoisotopic (exact) mass is 516 g/mol. The van der Waals surface area contributed by atoms with Gasteiger partial charge in [-0.2, -0.15) is 13.2 Å². The molecule has 0 aliphatic heterocycles. The molecular weight excluding hydrogens is 503 g/mol. The van der Waals surface area contributed by atoms with Crippen molar-refractivity contribution in [3.05, 3.63) is 66.5 Å². The quantitative estimate of drug-likeness (QED) is 0.417. The molecule has 0 atom stereocenters. The number of hydrogen-bond donors (Lipinski definition) is 1. The zero-order valence-electron chi connectivity index (χ0n) is 17.3. The van der Waals surface area contributed by atoms with Crippen molar-refractivity contribution in [2.45, 2.75) is 12.6 Å². The molecule has 14 heteroatoms. The molecule has 0 fully saturated rings. The van der Waals surface area contributed by atoms with Gasteiger partial charge in [-0.15, -0.1) is 22.7 Å². The average molecular weight is 516 g/mol. The zero-order chi connectivity index (χ0) is 24.9. The van der Waals surface area contributed by atoms with Crippen LogP contribution in [-0.4, -0.2) is 20.0 Å². The topological polar surface area (TPSA) is 86.0 Å². The summed E-state index contributed by atoms with van der Waals surface area (Å²) >= 11 is 2.04. The standard InChI is InChI=1S/C20H13F5N4O3S2/c1-28-16(31)14-9(6-33-17(14)29(2)19(28)32)5-13(30)27-18-26-12(7-34-18)8-3-10(21)15(11(22)4-8)20(23,24)25/h3-4,6-7H,5H2,1-2H3,(H,26,27,30). The van der Waals surface area contributed by atoms with Crippen LogP contribution in [0.1, 0.15) is 11.1 Å². The van der Waals surface area contributed by atoms with E-state index in [0.29, 0.717) is 22.5 Å². The van der Waals surface area contributed by atoms with Crippen molar-refractivity contribution in [1.29, 1.82) is 0 Å². The fourth-order valence-electron chi connectivity index (χ4n) is 3.35. The molecule has 34 heavy (non-hydrogen) atoms. The van der Waals surface area contributed by atoms with Crippen LogP contribution in [0.2, 0.25) is 0 Å². The molecule has 0 saturated heterocycles. The van der Waals surface area contributed by atoms with Crippen LogP contribution in [-0.2, 0) is 31.5 Å². The SMILES string of the molecule is Cn1c(=O)c2c(CC(=O)Nc3nc(-c4cc(F)c(C(F)(F)F)c(F)c4)cs3)csc2n(C)c1=O. The summed E-state index contributed by atoms with van der Waals surface area (Å²) in [5.41, 5.74) is -2.89. The number of aromatic nitrogens is 3. The number of nitrogens with zero attached hydrogens (tertiary/aromatic N) is 3. The minimum Gasteiger partial charge on any atom is -0.302 e. The van der Waals surface area contributed by atoms with Gasteiger partial charge in [0.1, 0.15) is 22.0 Å². The number of fused-ring (bicyclic) bond motifs is 1. The number of carbonyl (C=O) groups excluding carboxylic acids is 1. The second-order valence-corrected chi connectivity index (χ2v) is 8.94. The van der Waals surface area contributed by atoms with Crippen LogP contribution >= 0.6 is 22.7 Å². The second kappa shape index (κ2) is 8.43. The fraction of sp³-hybridized carbons (Fsp3) is 0.200. The molecule has 1 N–H and O–H groups in total. The Bertz CT molecular complexity index is 1540. The van der Waals surface area contributed by atoms with Crippen LogP contribution in [0.15, 0.2) is 32.5 Å². The molecule has 0 radical (unpaired) electrons. The largest absolute Gasteiger partial charge is 0.422 e. The Morgan fingerprint density at radius 3 is 2.32 bits per heavy atom. The van der Waals surface area contributed by atoms with E-state index in [9.17, 15) is 36.3 Å². The summed E-state index contributed by atoms with van der Waals surface area (Å²) in [6.07, 6.45) is -5.40. The molecule has 4 aromatic rings. The Labute approximate surface area is 194 Å². The highest BCUT2D eigenvalue weighted by Gasteiger charge is 2.38. The van der Waals surface area contributed by atoms with E-state index in [0.717, 1.165) is 27.2 Å². The van der Waals surface area contributed by atoms with Crippen LogP contribution in [0.5, 0.6) is 0 Å². The number of benzene rings is 1. The lowest BCUT2D eigenvalue weighted by Gasteiger charge is -2.10. The van der Waals surface area contributed by atoms with Gasteiger partial charge in [-0.1, -0.05) is 0 Å². The van der Waals surface area contributed by atoms with Crippen molar-refractivity contribution in [2.24, 2.45) is 14.1 Å². The van der Waals surface area contributed by atoms with Crippen molar-refractivity contribution < 1.29 is 26.7 Å². The van der Waals surface area contributed by atoms with Crippen LogP contribution in [0.25, 0.3) is 21.5 Å². The van der Waals surface area contributed by atoms with Gasteiger partial charge in [0.2, 0.25) is 5.91 Å². The van der Waals surface area contributed by atoms with E-state index in [-0.39, 0.29) is 28.2 Å². The van der Waals surface area contributed by atoms with Crippen molar-refractivity contribution in [3.63, 3.8) is 0 Å². The van der Waals surface area contributed by atoms with Gasteiger partial charge in [0.25, 0.3) is 5.56 Å². The summed E-state index contributed by atoms with van der Waals surface area (Å²) in [6.45, 7) is 0. The first-order valence-electron chi connectivity index (χ1n) is 9.36. The molecule has 0 aliphatic rings. The Kier molecular flexibility index (Phi) is 5.89. The number of alkyl halides is 3. The number of hydrogen-bond acceptors (Lipinski definition) is 6. The van der Waals surface area contributed by atoms with Gasteiger partial charge in [-0.05, 0) is 23.1 Å². The minimum absolute atomic E-state index is 0.0309. The maximum Gasteiger partial charge on any atom is 0.422 e. The second-order valence-electron chi connectivity index (χ2n) is 7.22. The maximum atomic E-state index is 13.9. The summed E-state index contributed by atoms with van der Waals surface area (Å²) in [6, 6.07) is 1.04. The van der Waals surface area contributed by atoms with Crippen molar-refractivity contribution in [2.75, 3.05) is 5.32 Å². The predicted octanol–water partition coefficient (Wildman–Crippen LogP) is 3.90. The summed E-state index contributed by atoms with van der Waals surface area (Å²) in [5, 5.41) is 5.68.